The fraction of sp³-hybridized carbons (Fsp3) is 0.533. The average molecular weight is 263 g/mol. The van der Waals surface area contributed by atoms with Gasteiger partial charge in [0.1, 0.15) is 11.3 Å². The van der Waals surface area contributed by atoms with E-state index in [0.717, 1.165) is 18.6 Å². The molecule has 1 saturated carbocycles. The Morgan fingerprint density at radius 1 is 1.37 bits per heavy atom. The van der Waals surface area contributed by atoms with E-state index < -0.39 is 11.5 Å². The second kappa shape index (κ2) is 5.61. The van der Waals surface area contributed by atoms with Crippen LogP contribution in [0.15, 0.2) is 24.3 Å². The third-order valence-electron chi connectivity index (χ3n) is 3.97. The highest BCUT2D eigenvalue weighted by Crippen LogP contribution is 2.37. The van der Waals surface area contributed by atoms with Gasteiger partial charge >= 0.3 is 5.97 Å². The van der Waals surface area contributed by atoms with Crippen LogP contribution in [0.25, 0.3) is 0 Å². The van der Waals surface area contributed by atoms with Crippen molar-refractivity contribution in [2.24, 2.45) is 5.73 Å². The minimum atomic E-state index is -1.03. The van der Waals surface area contributed by atoms with E-state index in [4.69, 9.17) is 15.6 Å². The van der Waals surface area contributed by atoms with Gasteiger partial charge < -0.3 is 15.6 Å². The average Bonchev–Trinajstić information content (AvgIpc) is 2.41. The number of carboxylic acids is 1. The summed E-state index contributed by atoms with van der Waals surface area (Å²) in [6, 6.07) is 8.08. The zero-order chi connectivity index (χ0) is 13.9. The lowest BCUT2D eigenvalue weighted by Gasteiger charge is -2.33. The molecule has 0 spiro atoms. The Labute approximate surface area is 113 Å². The summed E-state index contributed by atoms with van der Waals surface area (Å²) in [5, 5.41) is 9.11. The minimum absolute atomic E-state index is 0.409. The lowest BCUT2D eigenvalue weighted by Crippen LogP contribution is -2.50. The maximum atomic E-state index is 11.1. The molecular weight excluding hydrogens is 242 g/mol. The minimum Gasteiger partial charge on any atom is -0.494 e. The molecule has 0 saturated heterocycles. The molecule has 4 nitrogen and oxygen atoms in total. The van der Waals surface area contributed by atoms with E-state index in [0.29, 0.717) is 25.4 Å². The number of aliphatic carboxylic acids is 1. The van der Waals surface area contributed by atoms with Gasteiger partial charge in [0.15, 0.2) is 0 Å². The maximum absolute atomic E-state index is 11.1. The lowest BCUT2D eigenvalue weighted by atomic mass is 9.75. The molecule has 4 heteroatoms. The quantitative estimate of drug-likeness (QED) is 0.875. The van der Waals surface area contributed by atoms with Crippen LogP contribution in [-0.2, 0) is 4.79 Å². The standard InChI is InChI=1S/C15H21NO3/c1-2-19-13-5-3-11(4-6-13)12-7-9-15(16,10-8-12)14(17)18/h3-6,12H,2,7-10,16H2,1H3,(H,17,18). The molecule has 1 fully saturated rings. The van der Waals surface area contributed by atoms with Gasteiger partial charge in [0.25, 0.3) is 0 Å². The molecular formula is C15H21NO3. The van der Waals surface area contributed by atoms with Crippen LogP contribution in [-0.4, -0.2) is 23.2 Å². The van der Waals surface area contributed by atoms with Crippen LogP contribution in [0, 0.1) is 0 Å². The van der Waals surface area contributed by atoms with Crippen molar-refractivity contribution in [3.8, 4) is 5.75 Å². The largest absolute Gasteiger partial charge is 0.494 e. The van der Waals surface area contributed by atoms with Crippen LogP contribution in [0.4, 0.5) is 0 Å². The molecule has 104 valence electrons. The predicted octanol–water partition coefficient (Wildman–Crippen LogP) is 2.53. The highest BCUT2D eigenvalue weighted by atomic mass is 16.5. The molecule has 1 aliphatic carbocycles. The molecule has 0 radical (unpaired) electrons. The molecule has 2 rings (SSSR count). The van der Waals surface area contributed by atoms with E-state index in [1.165, 1.54) is 5.56 Å². The number of hydrogen-bond donors (Lipinski definition) is 2. The van der Waals surface area contributed by atoms with E-state index in [1.54, 1.807) is 0 Å². The van der Waals surface area contributed by atoms with Crippen molar-refractivity contribution in [1.82, 2.24) is 0 Å². The first-order valence-corrected chi connectivity index (χ1v) is 6.80. The molecule has 0 unspecified atom stereocenters. The van der Waals surface area contributed by atoms with Gasteiger partial charge in [0, 0.05) is 0 Å². The fourth-order valence-electron chi connectivity index (χ4n) is 2.68. The van der Waals surface area contributed by atoms with Crippen LogP contribution in [0.3, 0.4) is 0 Å². The molecule has 1 aromatic carbocycles. The van der Waals surface area contributed by atoms with Crippen LogP contribution in [0.5, 0.6) is 5.75 Å². The molecule has 0 bridgehead atoms. The highest BCUT2D eigenvalue weighted by molar-refractivity contribution is 5.78. The number of carboxylic acid groups (broad SMARTS) is 1. The van der Waals surface area contributed by atoms with E-state index >= 15 is 0 Å². The number of rotatable bonds is 4. The highest BCUT2D eigenvalue weighted by Gasteiger charge is 2.38. The summed E-state index contributed by atoms with van der Waals surface area (Å²) in [7, 11) is 0. The molecule has 0 aromatic heterocycles. The van der Waals surface area contributed by atoms with Crippen molar-refractivity contribution < 1.29 is 14.6 Å². The van der Waals surface area contributed by atoms with Crippen molar-refractivity contribution >= 4 is 5.97 Å². The molecule has 0 atom stereocenters. The summed E-state index contributed by atoms with van der Waals surface area (Å²) in [5.41, 5.74) is 6.11. The van der Waals surface area contributed by atoms with Crippen molar-refractivity contribution in [1.29, 1.82) is 0 Å². The van der Waals surface area contributed by atoms with E-state index in [9.17, 15) is 4.79 Å². The van der Waals surface area contributed by atoms with Crippen LogP contribution in [0.1, 0.15) is 44.1 Å². The number of ether oxygens (including phenoxy) is 1. The second-order valence-corrected chi connectivity index (χ2v) is 5.24. The molecule has 1 aliphatic rings. The molecule has 0 heterocycles. The van der Waals surface area contributed by atoms with Gasteiger partial charge in [-0.2, -0.15) is 0 Å². The number of carbonyl (C=O) groups is 1. The SMILES string of the molecule is CCOc1ccc(C2CCC(N)(C(=O)O)CC2)cc1. The first kappa shape index (κ1) is 13.9. The molecule has 19 heavy (non-hydrogen) atoms. The maximum Gasteiger partial charge on any atom is 0.323 e. The topological polar surface area (TPSA) is 72.5 Å². The second-order valence-electron chi connectivity index (χ2n) is 5.24. The summed E-state index contributed by atoms with van der Waals surface area (Å²) >= 11 is 0. The van der Waals surface area contributed by atoms with Gasteiger partial charge in [-0.15, -0.1) is 0 Å². The Morgan fingerprint density at radius 3 is 2.42 bits per heavy atom. The summed E-state index contributed by atoms with van der Waals surface area (Å²) in [6.45, 7) is 2.62. The third kappa shape index (κ3) is 3.07. The number of hydrogen-bond acceptors (Lipinski definition) is 3. The third-order valence-corrected chi connectivity index (χ3v) is 3.97. The van der Waals surface area contributed by atoms with Gasteiger partial charge in [-0.3, -0.25) is 4.79 Å². The normalized spacial score (nSPS) is 26.9. The first-order valence-electron chi connectivity index (χ1n) is 6.80. The van der Waals surface area contributed by atoms with Crippen LogP contribution < -0.4 is 10.5 Å². The number of nitrogens with two attached hydrogens (primary N) is 1. The molecule has 1 aromatic rings. The Morgan fingerprint density at radius 2 is 1.95 bits per heavy atom. The monoisotopic (exact) mass is 263 g/mol. The van der Waals surface area contributed by atoms with Crippen molar-refractivity contribution in [2.45, 2.75) is 44.1 Å². The Bertz CT molecular complexity index is 433. The van der Waals surface area contributed by atoms with Gasteiger partial charge in [-0.25, -0.2) is 0 Å². The van der Waals surface area contributed by atoms with Gasteiger partial charge in [-0.05, 0) is 56.2 Å². The van der Waals surface area contributed by atoms with Crippen molar-refractivity contribution in [2.75, 3.05) is 6.61 Å². The molecule has 3 N–H and O–H groups in total. The lowest BCUT2D eigenvalue weighted by molar-refractivity contribution is -0.144. The van der Waals surface area contributed by atoms with Crippen molar-refractivity contribution in [3.63, 3.8) is 0 Å². The predicted molar refractivity (Wildman–Crippen MR) is 73.4 cm³/mol. The van der Waals surface area contributed by atoms with Crippen LogP contribution in [0.2, 0.25) is 0 Å². The van der Waals surface area contributed by atoms with E-state index in [-0.39, 0.29) is 0 Å². The van der Waals surface area contributed by atoms with Crippen LogP contribution >= 0.6 is 0 Å². The zero-order valence-electron chi connectivity index (χ0n) is 11.3. The van der Waals surface area contributed by atoms with Gasteiger partial charge in [0.2, 0.25) is 0 Å². The summed E-state index contributed by atoms with van der Waals surface area (Å²) in [4.78, 5) is 11.1. The van der Waals surface area contributed by atoms with E-state index in [2.05, 4.69) is 12.1 Å². The smallest absolute Gasteiger partial charge is 0.323 e. The van der Waals surface area contributed by atoms with Gasteiger partial charge in [0.05, 0.1) is 6.61 Å². The number of benzene rings is 1. The summed E-state index contributed by atoms with van der Waals surface area (Å²) < 4.78 is 5.42. The Hall–Kier alpha value is -1.55. The van der Waals surface area contributed by atoms with E-state index in [1.807, 2.05) is 19.1 Å². The Balaban J connectivity index is 1.99. The summed E-state index contributed by atoms with van der Waals surface area (Å²) in [6.07, 6.45) is 2.74. The van der Waals surface area contributed by atoms with Gasteiger partial charge in [-0.1, -0.05) is 12.1 Å². The molecule has 0 aliphatic heterocycles. The van der Waals surface area contributed by atoms with Crippen molar-refractivity contribution in [3.05, 3.63) is 29.8 Å². The zero-order valence-corrected chi connectivity index (χ0v) is 11.3. The summed E-state index contributed by atoms with van der Waals surface area (Å²) in [5.74, 6) is 0.408. The Kier molecular flexibility index (Phi) is 4.10. The first-order chi connectivity index (χ1) is 9.05. The molecule has 0 amide bonds. The fourth-order valence-corrected chi connectivity index (χ4v) is 2.68.